The number of ether oxygens (including phenoxy) is 2. The molecule has 3 heterocycles. The fourth-order valence-electron chi connectivity index (χ4n) is 3.48. The van der Waals surface area contributed by atoms with Crippen molar-refractivity contribution >= 4 is 57.2 Å². The second-order valence-electron chi connectivity index (χ2n) is 7.43. The average molecular weight is 485 g/mol. The number of rotatable bonds is 4. The van der Waals surface area contributed by atoms with E-state index in [1.54, 1.807) is 42.6 Å². The van der Waals surface area contributed by atoms with Crippen LogP contribution in [0.4, 0.5) is 16.5 Å². The van der Waals surface area contributed by atoms with Gasteiger partial charge in [0.25, 0.3) is 11.8 Å². The van der Waals surface area contributed by atoms with Crippen LogP contribution < -0.4 is 25.0 Å². The highest BCUT2D eigenvalue weighted by Gasteiger charge is 2.28. The van der Waals surface area contributed by atoms with Gasteiger partial charge in [0.1, 0.15) is 18.0 Å². The molecule has 2 aliphatic heterocycles. The van der Waals surface area contributed by atoms with Crippen LogP contribution in [0.2, 0.25) is 5.02 Å². The number of amides is 3. The van der Waals surface area contributed by atoms with Crippen molar-refractivity contribution < 1.29 is 23.9 Å². The van der Waals surface area contributed by atoms with Crippen molar-refractivity contribution in [2.45, 2.75) is 13.0 Å². The normalized spacial score (nSPS) is 16.8. The summed E-state index contributed by atoms with van der Waals surface area (Å²) in [5, 5.41) is 8.14. The van der Waals surface area contributed by atoms with Gasteiger partial charge in [0.15, 0.2) is 17.8 Å². The molecule has 0 spiro atoms. The number of thiazole rings is 1. The number of fused-ring (bicyclic) bond motifs is 2. The predicted molar refractivity (Wildman–Crippen MR) is 124 cm³/mol. The van der Waals surface area contributed by atoms with E-state index in [2.05, 4.69) is 15.6 Å². The first kappa shape index (κ1) is 21.2. The minimum atomic E-state index is -0.550. The molecule has 1 aromatic heterocycles. The van der Waals surface area contributed by atoms with Gasteiger partial charge >= 0.3 is 0 Å². The third-order valence-electron chi connectivity index (χ3n) is 5.12. The van der Waals surface area contributed by atoms with Crippen molar-refractivity contribution in [2.24, 2.45) is 0 Å². The molecule has 5 rings (SSSR count). The van der Waals surface area contributed by atoms with Crippen LogP contribution in [0.15, 0.2) is 41.8 Å². The summed E-state index contributed by atoms with van der Waals surface area (Å²) in [6, 6.07) is 10.3. The molecule has 0 radical (unpaired) electrons. The molecule has 168 valence electrons. The van der Waals surface area contributed by atoms with Gasteiger partial charge < -0.3 is 20.1 Å². The zero-order chi connectivity index (χ0) is 23.1. The summed E-state index contributed by atoms with van der Waals surface area (Å²) in [5.41, 5.74) is 2.40. The van der Waals surface area contributed by atoms with E-state index in [4.69, 9.17) is 21.1 Å². The first-order chi connectivity index (χ1) is 15.9. The zero-order valence-corrected chi connectivity index (χ0v) is 18.8. The molecule has 0 fully saturated rings. The molecule has 9 nitrogen and oxygen atoms in total. The number of anilines is 3. The lowest BCUT2D eigenvalue weighted by atomic mass is 10.1. The topological polar surface area (TPSA) is 110 Å². The van der Waals surface area contributed by atoms with E-state index in [0.717, 1.165) is 5.56 Å². The van der Waals surface area contributed by atoms with Crippen LogP contribution in [0.3, 0.4) is 0 Å². The molecule has 1 atom stereocenters. The first-order valence-electron chi connectivity index (χ1n) is 9.97. The maximum Gasteiger partial charge on any atom is 0.265 e. The highest BCUT2D eigenvalue weighted by molar-refractivity contribution is 7.14. The highest BCUT2D eigenvalue weighted by atomic mass is 35.5. The quantitative estimate of drug-likeness (QED) is 0.586. The molecule has 1 unspecified atom stereocenters. The number of nitrogens with one attached hydrogen (secondary N) is 2. The molecule has 0 bridgehead atoms. The second-order valence-corrected chi connectivity index (χ2v) is 8.72. The van der Waals surface area contributed by atoms with Gasteiger partial charge in [0.2, 0.25) is 5.91 Å². The third-order valence-corrected chi connectivity index (χ3v) is 6.12. The van der Waals surface area contributed by atoms with Crippen molar-refractivity contribution in [3.8, 4) is 22.8 Å². The summed E-state index contributed by atoms with van der Waals surface area (Å²) in [5.74, 6) is 0.113. The minimum absolute atomic E-state index is 0.152. The number of halogens is 1. The van der Waals surface area contributed by atoms with E-state index in [1.807, 2.05) is 6.07 Å². The zero-order valence-electron chi connectivity index (χ0n) is 17.3. The Bertz CT molecular complexity index is 1290. The Balaban J connectivity index is 1.30. The smallest absolute Gasteiger partial charge is 0.265 e. The molecule has 0 saturated carbocycles. The SMILES string of the molecule is CC1Oc2ccc(-c3csc(NC(=O)CN4C(=O)COc5ccc(Cl)cc54)n3)cc2NC1=O. The lowest BCUT2D eigenvalue weighted by molar-refractivity contribution is -0.123. The Hall–Kier alpha value is -3.63. The molecule has 3 amide bonds. The summed E-state index contributed by atoms with van der Waals surface area (Å²) in [4.78, 5) is 42.6. The average Bonchev–Trinajstić information content (AvgIpc) is 3.24. The standard InChI is InChI=1S/C22H17ClN4O5S/c1-11-21(30)24-14-6-12(2-4-17(14)32-11)15-10-33-22(25-15)26-19(28)8-27-16-7-13(23)3-5-18(16)31-9-20(27)29/h2-7,10-11H,8-9H2,1H3,(H,24,30)(H,25,26,28). The molecule has 0 aliphatic carbocycles. The number of nitrogens with zero attached hydrogens (tertiary/aromatic N) is 2. The molecule has 2 N–H and O–H groups in total. The van der Waals surface area contributed by atoms with Crippen LogP contribution in [0.1, 0.15) is 6.92 Å². The number of carbonyl (C=O) groups excluding carboxylic acids is 3. The monoisotopic (exact) mass is 484 g/mol. The van der Waals surface area contributed by atoms with E-state index >= 15 is 0 Å². The Kier molecular flexibility index (Phi) is 5.39. The van der Waals surface area contributed by atoms with Crippen LogP contribution in [-0.2, 0) is 14.4 Å². The second kappa shape index (κ2) is 8.38. The summed E-state index contributed by atoms with van der Waals surface area (Å²) in [6.45, 7) is 1.32. The molecule has 33 heavy (non-hydrogen) atoms. The molecule has 2 aromatic carbocycles. The number of benzene rings is 2. The highest BCUT2D eigenvalue weighted by Crippen LogP contribution is 2.36. The van der Waals surface area contributed by atoms with Crippen molar-refractivity contribution in [3.63, 3.8) is 0 Å². The third kappa shape index (κ3) is 4.22. The molecule has 11 heteroatoms. The van der Waals surface area contributed by atoms with Gasteiger partial charge in [-0.25, -0.2) is 4.98 Å². The number of hydrogen-bond donors (Lipinski definition) is 2. The van der Waals surface area contributed by atoms with E-state index in [-0.39, 0.29) is 25.0 Å². The van der Waals surface area contributed by atoms with Gasteiger partial charge in [-0.1, -0.05) is 11.6 Å². The van der Waals surface area contributed by atoms with Crippen molar-refractivity contribution in [1.29, 1.82) is 0 Å². The number of carbonyl (C=O) groups is 3. The molecular weight excluding hydrogens is 468 g/mol. The van der Waals surface area contributed by atoms with Gasteiger partial charge in [-0.3, -0.25) is 19.3 Å². The summed E-state index contributed by atoms with van der Waals surface area (Å²) >= 11 is 7.29. The van der Waals surface area contributed by atoms with Crippen molar-refractivity contribution in [2.75, 3.05) is 28.7 Å². The Morgan fingerprint density at radius 1 is 1.27 bits per heavy atom. The van der Waals surface area contributed by atoms with Gasteiger partial charge in [0, 0.05) is 16.0 Å². The molecular formula is C22H17ClN4O5S. The summed E-state index contributed by atoms with van der Waals surface area (Å²) in [7, 11) is 0. The fraction of sp³-hybridized carbons (Fsp3) is 0.182. The first-order valence-corrected chi connectivity index (χ1v) is 11.2. The predicted octanol–water partition coefficient (Wildman–Crippen LogP) is 3.55. The molecule has 0 saturated heterocycles. The van der Waals surface area contributed by atoms with Gasteiger partial charge in [0.05, 0.1) is 17.1 Å². The van der Waals surface area contributed by atoms with Gasteiger partial charge in [-0.15, -0.1) is 11.3 Å². The van der Waals surface area contributed by atoms with Crippen LogP contribution in [0.25, 0.3) is 11.3 Å². The van der Waals surface area contributed by atoms with E-state index in [1.165, 1.54) is 16.2 Å². The van der Waals surface area contributed by atoms with E-state index in [9.17, 15) is 14.4 Å². The van der Waals surface area contributed by atoms with Crippen LogP contribution in [0, 0.1) is 0 Å². The van der Waals surface area contributed by atoms with Gasteiger partial charge in [-0.2, -0.15) is 0 Å². The number of aromatic nitrogens is 1. The Morgan fingerprint density at radius 3 is 2.94 bits per heavy atom. The van der Waals surface area contributed by atoms with E-state index in [0.29, 0.717) is 38.7 Å². The maximum atomic E-state index is 12.6. The number of hydrogen-bond acceptors (Lipinski definition) is 7. The summed E-state index contributed by atoms with van der Waals surface area (Å²) < 4.78 is 11.0. The fourth-order valence-corrected chi connectivity index (χ4v) is 4.39. The van der Waals surface area contributed by atoms with Gasteiger partial charge in [-0.05, 0) is 43.3 Å². The van der Waals surface area contributed by atoms with E-state index < -0.39 is 12.0 Å². The van der Waals surface area contributed by atoms with Crippen molar-refractivity contribution in [3.05, 3.63) is 46.8 Å². The van der Waals surface area contributed by atoms with Crippen LogP contribution in [-0.4, -0.2) is 42.0 Å². The maximum absolute atomic E-state index is 12.6. The molecule has 3 aromatic rings. The van der Waals surface area contributed by atoms with Crippen LogP contribution in [0.5, 0.6) is 11.5 Å². The Morgan fingerprint density at radius 2 is 2.09 bits per heavy atom. The summed E-state index contributed by atoms with van der Waals surface area (Å²) in [6.07, 6.45) is -0.550. The molecule has 2 aliphatic rings. The van der Waals surface area contributed by atoms with Crippen molar-refractivity contribution in [1.82, 2.24) is 4.98 Å². The lowest BCUT2D eigenvalue weighted by Crippen LogP contribution is -2.43. The van der Waals surface area contributed by atoms with Crippen LogP contribution >= 0.6 is 22.9 Å². The Labute approximate surface area is 197 Å². The largest absolute Gasteiger partial charge is 0.482 e. The lowest BCUT2D eigenvalue weighted by Gasteiger charge is -2.28. The minimum Gasteiger partial charge on any atom is -0.482 e.